The summed E-state index contributed by atoms with van der Waals surface area (Å²) in [6, 6.07) is 3.53. The number of amides is 5. The SMILES string of the molecule is COCCC(C)(N)OCN(C)OCCC(=O)NCC1CCC(=O)N1CC(=O)NC(C(=O)NCC(=O)Nc1ccc(COC(=O)C(C)(C)C)c(CCC2CC(O)CC(C(=O)O)O2)c1)C(C)C. The van der Waals surface area contributed by atoms with Gasteiger partial charge in [0.25, 0.3) is 0 Å². The van der Waals surface area contributed by atoms with Gasteiger partial charge in [-0.05, 0) is 82.6 Å². The van der Waals surface area contributed by atoms with E-state index in [-0.39, 0.29) is 70.5 Å². The lowest BCUT2D eigenvalue weighted by Gasteiger charge is -2.31. The molecule has 2 saturated heterocycles. The summed E-state index contributed by atoms with van der Waals surface area (Å²) in [6.07, 6.45) is -0.451. The maximum Gasteiger partial charge on any atom is 0.332 e. The second-order valence-corrected chi connectivity index (χ2v) is 18.2. The van der Waals surface area contributed by atoms with Crippen molar-refractivity contribution in [3.8, 4) is 0 Å². The first kappa shape index (κ1) is 54.6. The average Bonchev–Trinajstić information content (AvgIpc) is 3.58. The molecule has 3 rings (SSSR count). The molecule has 1 aromatic rings. The second kappa shape index (κ2) is 25.8. The summed E-state index contributed by atoms with van der Waals surface area (Å²) in [5, 5.41) is 31.9. The summed E-state index contributed by atoms with van der Waals surface area (Å²) in [5.74, 6) is -4.31. The number of benzene rings is 1. The number of carbonyl (C=O) groups excluding carboxylic acids is 6. The van der Waals surface area contributed by atoms with Gasteiger partial charge < -0.3 is 61.1 Å². The number of likely N-dealkylation sites (tertiary alicyclic amines) is 1. The van der Waals surface area contributed by atoms with Crippen molar-refractivity contribution in [2.24, 2.45) is 17.1 Å². The Morgan fingerprint density at radius 3 is 2.40 bits per heavy atom. The Bertz CT molecular complexity index is 1790. The van der Waals surface area contributed by atoms with Gasteiger partial charge in [-0.25, -0.2) is 4.79 Å². The van der Waals surface area contributed by atoms with Crippen molar-refractivity contribution >= 4 is 47.2 Å². The first-order chi connectivity index (χ1) is 30.5. The number of rotatable bonds is 26. The number of anilines is 1. The molecule has 6 unspecified atom stereocenters. The van der Waals surface area contributed by atoms with Crippen molar-refractivity contribution in [1.82, 2.24) is 25.9 Å². The Balaban J connectivity index is 1.52. The van der Waals surface area contributed by atoms with Gasteiger partial charge in [0.15, 0.2) is 6.10 Å². The number of nitrogens with one attached hydrogen (secondary N) is 4. The number of aliphatic hydroxyl groups is 1. The molecule has 0 spiro atoms. The van der Waals surface area contributed by atoms with E-state index in [1.54, 1.807) is 73.9 Å². The van der Waals surface area contributed by atoms with Gasteiger partial charge in [-0.15, -0.1) is 0 Å². The number of ether oxygens (including phenoxy) is 4. The van der Waals surface area contributed by atoms with Gasteiger partial charge in [0.05, 0.1) is 56.4 Å². The standard InChI is InChI=1S/C44H71N7O14/c1-27(2)39(49-37(55)24-51-31(12-14-38(51)56)22-46-35(53)15-17-64-50(7)26-63-44(6,45)16-18-61-8)40(57)47-23-36(54)48-30-11-9-29(25-62-42(60)43(3,4)5)28(19-30)10-13-33-20-32(52)21-34(65-33)41(58)59/h9,11,19,27,31-34,39,52H,10,12-18,20-26,45H2,1-8H3,(H,46,53)(H,47,57)(H,48,54)(H,49,55)(H,58,59). The largest absolute Gasteiger partial charge is 0.479 e. The summed E-state index contributed by atoms with van der Waals surface area (Å²) in [6.45, 7) is 10.2. The third kappa shape index (κ3) is 19.3. The van der Waals surface area contributed by atoms with Crippen LogP contribution in [0.5, 0.6) is 0 Å². The van der Waals surface area contributed by atoms with Gasteiger partial charge in [-0.1, -0.05) is 19.9 Å². The van der Waals surface area contributed by atoms with Crippen LogP contribution in [0.4, 0.5) is 5.69 Å². The third-order valence-corrected chi connectivity index (χ3v) is 10.9. The number of nitrogens with zero attached hydrogens (tertiary/aromatic N) is 2. The molecule has 65 heavy (non-hydrogen) atoms. The van der Waals surface area contributed by atoms with Crippen LogP contribution in [0.3, 0.4) is 0 Å². The predicted octanol–water partition coefficient (Wildman–Crippen LogP) is 0.943. The number of esters is 1. The fraction of sp³-hybridized carbons (Fsp3) is 0.705. The lowest BCUT2D eigenvalue weighted by molar-refractivity contribution is -0.219. The molecule has 0 bridgehead atoms. The molecule has 2 fully saturated rings. The zero-order valence-corrected chi connectivity index (χ0v) is 39.1. The fourth-order valence-corrected chi connectivity index (χ4v) is 6.97. The van der Waals surface area contributed by atoms with Crippen LogP contribution in [0.2, 0.25) is 0 Å². The van der Waals surface area contributed by atoms with Crippen LogP contribution in [-0.2, 0) is 70.4 Å². The molecule has 21 heteroatoms. The number of methoxy groups -OCH3 is 1. The minimum atomic E-state index is -1.16. The highest BCUT2D eigenvalue weighted by atomic mass is 16.7. The summed E-state index contributed by atoms with van der Waals surface area (Å²) in [4.78, 5) is 96.0. The van der Waals surface area contributed by atoms with Crippen LogP contribution in [0.25, 0.3) is 0 Å². The first-order valence-electron chi connectivity index (χ1n) is 22.0. The molecule has 6 atom stereocenters. The smallest absolute Gasteiger partial charge is 0.332 e. The number of carboxylic acid groups (broad SMARTS) is 1. The van der Waals surface area contributed by atoms with Crippen molar-refractivity contribution in [2.75, 3.05) is 59.1 Å². The molecule has 0 saturated carbocycles. The number of nitrogens with two attached hydrogens (primary N) is 1. The van der Waals surface area contributed by atoms with Crippen molar-refractivity contribution in [3.05, 3.63) is 29.3 Å². The number of carbonyl (C=O) groups is 7. The van der Waals surface area contributed by atoms with Gasteiger partial charge in [-0.3, -0.25) is 33.6 Å². The highest BCUT2D eigenvalue weighted by Gasteiger charge is 2.35. The lowest BCUT2D eigenvalue weighted by Crippen LogP contribution is -2.54. The molecular weight excluding hydrogens is 851 g/mol. The third-order valence-electron chi connectivity index (χ3n) is 10.9. The minimum Gasteiger partial charge on any atom is -0.479 e. The van der Waals surface area contributed by atoms with E-state index >= 15 is 0 Å². The van der Waals surface area contributed by atoms with E-state index < -0.39 is 83.7 Å². The van der Waals surface area contributed by atoms with Crippen LogP contribution in [0, 0.1) is 11.3 Å². The van der Waals surface area contributed by atoms with Gasteiger partial charge in [-0.2, -0.15) is 5.06 Å². The molecule has 2 heterocycles. The Hall–Kier alpha value is -4.77. The van der Waals surface area contributed by atoms with Crippen molar-refractivity contribution < 1.29 is 67.6 Å². The number of aliphatic hydroxyl groups excluding tert-OH is 1. The number of hydroxylamine groups is 2. The van der Waals surface area contributed by atoms with E-state index in [1.807, 2.05) is 0 Å². The van der Waals surface area contributed by atoms with E-state index in [4.69, 9.17) is 29.5 Å². The normalized spacial score (nSPS) is 20.2. The van der Waals surface area contributed by atoms with Gasteiger partial charge in [0, 0.05) is 45.7 Å². The van der Waals surface area contributed by atoms with E-state index in [2.05, 4.69) is 21.3 Å². The summed E-state index contributed by atoms with van der Waals surface area (Å²) in [5.41, 5.74) is 6.15. The molecule has 1 aromatic carbocycles. The molecule has 2 aliphatic rings. The molecule has 21 nitrogen and oxygen atoms in total. The van der Waals surface area contributed by atoms with Crippen LogP contribution >= 0.6 is 0 Å². The summed E-state index contributed by atoms with van der Waals surface area (Å²) in [7, 11) is 3.21. The maximum atomic E-state index is 13.3. The van der Waals surface area contributed by atoms with Crippen molar-refractivity contribution in [1.29, 1.82) is 0 Å². The molecule has 2 aliphatic heterocycles. The maximum absolute atomic E-state index is 13.3. The van der Waals surface area contributed by atoms with Crippen LogP contribution in [0.15, 0.2) is 18.2 Å². The molecule has 366 valence electrons. The van der Waals surface area contributed by atoms with E-state index in [9.17, 15) is 43.8 Å². The monoisotopic (exact) mass is 922 g/mol. The summed E-state index contributed by atoms with van der Waals surface area (Å²) < 4.78 is 21.9. The zero-order chi connectivity index (χ0) is 48.5. The molecule has 0 radical (unpaired) electrons. The minimum absolute atomic E-state index is 0.00762. The predicted molar refractivity (Wildman–Crippen MR) is 235 cm³/mol. The number of carboxylic acids is 1. The van der Waals surface area contributed by atoms with Crippen LogP contribution in [0.1, 0.15) is 97.6 Å². The van der Waals surface area contributed by atoms with Crippen molar-refractivity contribution in [2.45, 2.75) is 136 Å². The summed E-state index contributed by atoms with van der Waals surface area (Å²) >= 11 is 0. The van der Waals surface area contributed by atoms with Gasteiger partial charge >= 0.3 is 11.9 Å². The Morgan fingerprint density at radius 2 is 1.74 bits per heavy atom. The van der Waals surface area contributed by atoms with Gasteiger partial charge in [0.2, 0.25) is 29.5 Å². The molecular formula is C44H71N7O14. The number of hydrogen-bond donors (Lipinski definition) is 7. The van der Waals surface area contributed by atoms with E-state index in [1.165, 1.54) is 9.96 Å². The van der Waals surface area contributed by atoms with Gasteiger partial charge in [0.1, 0.15) is 25.1 Å². The highest BCUT2D eigenvalue weighted by Crippen LogP contribution is 2.27. The molecule has 5 amide bonds. The van der Waals surface area contributed by atoms with E-state index in [0.29, 0.717) is 49.1 Å². The Labute approximate surface area is 381 Å². The first-order valence-corrected chi connectivity index (χ1v) is 22.0. The highest BCUT2D eigenvalue weighted by molar-refractivity contribution is 5.96. The Kier molecular flexibility index (Phi) is 21.7. The number of aliphatic carboxylic acids is 1. The fourth-order valence-electron chi connectivity index (χ4n) is 6.97. The quantitative estimate of drug-likeness (QED) is 0.0387. The van der Waals surface area contributed by atoms with Crippen molar-refractivity contribution in [3.63, 3.8) is 0 Å². The second-order valence-electron chi connectivity index (χ2n) is 18.2. The zero-order valence-electron chi connectivity index (χ0n) is 39.1. The number of aryl methyl sites for hydroxylation is 1. The average molecular weight is 922 g/mol. The topological polar surface area (TPSA) is 287 Å². The Morgan fingerprint density at radius 1 is 1.02 bits per heavy atom. The van der Waals surface area contributed by atoms with Crippen LogP contribution < -0.4 is 27.0 Å². The number of hydrogen-bond acceptors (Lipinski definition) is 15. The van der Waals surface area contributed by atoms with Crippen LogP contribution in [-0.4, -0.2) is 152 Å². The molecule has 0 aromatic heterocycles. The molecule has 0 aliphatic carbocycles. The lowest BCUT2D eigenvalue weighted by atomic mass is 9.94. The molecule has 8 N–H and O–H groups in total. The van der Waals surface area contributed by atoms with E-state index in [0.717, 1.165) is 0 Å².